The molecule has 4 rings (SSSR count). The highest BCUT2D eigenvalue weighted by Crippen LogP contribution is 2.57. The highest BCUT2D eigenvalue weighted by molar-refractivity contribution is 5.94. The van der Waals surface area contributed by atoms with Crippen molar-refractivity contribution in [3.63, 3.8) is 0 Å². The average molecular weight is 356 g/mol. The molecule has 1 unspecified atom stereocenters. The minimum Gasteiger partial charge on any atom is -0.394 e. The summed E-state index contributed by atoms with van der Waals surface area (Å²) in [6.07, 6.45) is 7.59. The molecule has 2 aliphatic carbocycles. The van der Waals surface area contributed by atoms with Gasteiger partial charge in [-0.3, -0.25) is 4.79 Å². The van der Waals surface area contributed by atoms with E-state index in [1.54, 1.807) is 6.20 Å². The van der Waals surface area contributed by atoms with Gasteiger partial charge in [-0.05, 0) is 24.2 Å². The zero-order chi connectivity index (χ0) is 18.6. The van der Waals surface area contributed by atoms with E-state index in [1.807, 2.05) is 49.5 Å². The van der Waals surface area contributed by atoms with Gasteiger partial charge in [0.15, 0.2) is 11.9 Å². The van der Waals surface area contributed by atoms with Gasteiger partial charge in [0.05, 0.1) is 24.5 Å². The summed E-state index contributed by atoms with van der Waals surface area (Å²) >= 11 is 0. The molecular formula is C19H26N5O2+. The number of nitrogens with one attached hydrogen (secondary N) is 1. The Balaban J connectivity index is 1.71. The van der Waals surface area contributed by atoms with E-state index >= 15 is 0 Å². The molecule has 0 radical (unpaired) electrons. The number of aliphatic hydroxyl groups excluding tert-OH is 1. The smallest absolute Gasteiger partial charge is 0.272 e. The third-order valence-corrected chi connectivity index (χ3v) is 5.56. The number of aryl methyl sites for hydroxylation is 1. The van der Waals surface area contributed by atoms with Gasteiger partial charge >= 0.3 is 0 Å². The van der Waals surface area contributed by atoms with Gasteiger partial charge in [-0.25, -0.2) is 14.2 Å². The topological polar surface area (TPSA) is 83.9 Å². The standard InChI is InChI=1S/C19H25N5O2/c1-19(2,3)14(10-25)21-18(26)16-13-8-11-7-12(11)17(13)24(22-16)15-9-23(4)6-5-20-15/h5-6,9,11-12,14,25H,7-8,10H2,1-4H3/p+1/t11?,12-,14+/m0/s1. The molecule has 2 N–H and O–H groups in total. The van der Waals surface area contributed by atoms with Crippen molar-refractivity contribution in [2.24, 2.45) is 18.4 Å². The minimum absolute atomic E-state index is 0.0978. The monoisotopic (exact) mass is 356 g/mol. The second kappa shape index (κ2) is 5.87. The Bertz CT molecular complexity index is 867. The van der Waals surface area contributed by atoms with E-state index in [9.17, 15) is 9.90 Å². The van der Waals surface area contributed by atoms with Gasteiger partial charge in [-0.2, -0.15) is 5.10 Å². The number of fused-ring (bicyclic) bond motifs is 3. The van der Waals surface area contributed by atoms with Crippen LogP contribution in [0.5, 0.6) is 0 Å². The van der Waals surface area contributed by atoms with Crippen LogP contribution in [0.2, 0.25) is 0 Å². The fourth-order valence-electron chi connectivity index (χ4n) is 3.82. The molecule has 1 amide bonds. The third-order valence-electron chi connectivity index (χ3n) is 5.56. The lowest BCUT2D eigenvalue weighted by Gasteiger charge is -2.29. The van der Waals surface area contributed by atoms with Gasteiger partial charge in [0, 0.05) is 11.5 Å². The van der Waals surface area contributed by atoms with Crippen LogP contribution in [0, 0.1) is 11.3 Å². The van der Waals surface area contributed by atoms with Gasteiger partial charge in [-0.15, -0.1) is 0 Å². The van der Waals surface area contributed by atoms with Gasteiger partial charge in [-0.1, -0.05) is 20.8 Å². The first-order valence-electron chi connectivity index (χ1n) is 9.14. The first kappa shape index (κ1) is 17.1. The van der Waals surface area contributed by atoms with E-state index in [0.717, 1.165) is 23.5 Å². The summed E-state index contributed by atoms with van der Waals surface area (Å²) in [4.78, 5) is 17.4. The quantitative estimate of drug-likeness (QED) is 0.797. The van der Waals surface area contributed by atoms with Gasteiger partial charge in [0.1, 0.15) is 7.05 Å². The molecule has 0 aliphatic heterocycles. The number of carbonyl (C=O) groups is 1. The van der Waals surface area contributed by atoms with Crippen LogP contribution in [0.15, 0.2) is 18.6 Å². The molecule has 0 spiro atoms. The van der Waals surface area contributed by atoms with Crippen molar-refractivity contribution in [1.82, 2.24) is 20.1 Å². The lowest BCUT2D eigenvalue weighted by atomic mass is 9.87. The van der Waals surface area contributed by atoms with Crippen LogP contribution in [0.3, 0.4) is 0 Å². The number of nitrogens with zero attached hydrogens (tertiary/aromatic N) is 4. The normalized spacial score (nSPS) is 21.9. The number of hydrogen-bond donors (Lipinski definition) is 2. The maximum atomic E-state index is 12.9. The Hall–Kier alpha value is -2.28. The number of carbonyl (C=O) groups excluding carboxylic acids is 1. The second-order valence-electron chi connectivity index (χ2n) is 8.59. The number of aromatic nitrogens is 4. The molecule has 2 aliphatic rings. The molecule has 7 nitrogen and oxygen atoms in total. The molecule has 1 saturated carbocycles. The Morgan fingerprint density at radius 1 is 1.50 bits per heavy atom. The fraction of sp³-hybridized carbons (Fsp3) is 0.579. The molecule has 1 fully saturated rings. The maximum Gasteiger partial charge on any atom is 0.272 e. The molecule has 0 bridgehead atoms. The SMILES string of the molecule is C[n+]1ccnc(-n2nc(C(=O)N[C@H](CO)C(C)(C)C)c3c2[C@H]2CC2C3)c1. The van der Waals surface area contributed by atoms with Crippen LogP contribution in [0.1, 0.15) is 54.9 Å². The van der Waals surface area contributed by atoms with Crippen LogP contribution in [0.4, 0.5) is 0 Å². The maximum absolute atomic E-state index is 12.9. The lowest BCUT2D eigenvalue weighted by molar-refractivity contribution is -0.671. The van der Waals surface area contributed by atoms with Crippen molar-refractivity contribution in [2.75, 3.05) is 6.61 Å². The molecule has 0 saturated heterocycles. The first-order valence-corrected chi connectivity index (χ1v) is 9.14. The number of hydrogen-bond acceptors (Lipinski definition) is 4. The van der Waals surface area contributed by atoms with Gasteiger partial charge in [0.25, 0.3) is 5.91 Å². The summed E-state index contributed by atoms with van der Waals surface area (Å²) in [6, 6.07) is -0.320. The molecule has 3 atom stereocenters. The Kier molecular flexibility index (Phi) is 3.87. The second-order valence-corrected chi connectivity index (χ2v) is 8.59. The molecule has 2 aromatic heterocycles. The van der Waals surface area contributed by atoms with Crippen molar-refractivity contribution in [3.8, 4) is 5.82 Å². The van der Waals surface area contributed by atoms with Gasteiger partial charge in [0.2, 0.25) is 12.0 Å². The summed E-state index contributed by atoms with van der Waals surface area (Å²) in [6.45, 7) is 5.90. The van der Waals surface area contributed by atoms with Crippen LogP contribution in [0.25, 0.3) is 5.82 Å². The number of aliphatic hydroxyl groups is 1. The summed E-state index contributed by atoms with van der Waals surface area (Å²) in [5, 5.41) is 17.3. The molecule has 7 heteroatoms. The average Bonchev–Trinajstić information content (AvgIpc) is 3.07. The Morgan fingerprint density at radius 2 is 2.27 bits per heavy atom. The molecule has 26 heavy (non-hydrogen) atoms. The predicted molar refractivity (Wildman–Crippen MR) is 94.9 cm³/mol. The first-order chi connectivity index (χ1) is 12.3. The van der Waals surface area contributed by atoms with Crippen molar-refractivity contribution in [3.05, 3.63) is 35.5 Å². The van der Waals surface area contributed by atoms with Crippen molar-refractivity contribution < 1.29 is 14.5 Å². The highest BCUT2D eigenvalue weighted by atomic mass is 16.3. The van der Waals surface area contributed by atoms with Crippen molar-refractivity contribution >= 4 is 5.91 Å². The Morgan fingerprint density at radius 3 is 2.92 bits per heavy atom. The molecule has 138 valence electrons. The zero-order valence-electron chi connectivity index (χ0n) is 15.7. The predicted octanol–water partition coefficient (Wildman–Crippen LogP) is 0.888. The van der Waals surface area contributed by atoms with Crippen LogP contribution in [-0.2, 0) is 13.5 Å². The molecule has 2 heterocycles. The lowest BCUT2D eigenvalue weighted by Crippen LogP contribution is -2.46. The fourth-order valence-corrected chi connectivity index (χ4v) is 3.82. The molecular weight excluding hydrogens is 330 g/mol. The van der Waals surface area contributed by atoms with Crippen molar-refractivity contribution in [2.45, 2.75) is 45.6 Å². The van der Waals surface area contributed by atoms with E-state index in [-0.39, 0.29) is 24.0 Å². The summed E-state index contributed by atoms with van der Waals surface area (Å²) in [5.41, 5.74) is 2.42. The zero-order valence-corrected chi connectivity index (χ0v) is 15.7. The summed E-state index contributed by atoms with van der Waals surface area (Å²) in [5.74, 6) is 1.64. The van der Waals surface area contributed by atoms with E-state index in [0.29, 0.717) is 17.5 Å². The van der Waals surface area contributed by atoms with Gasteiger partial charge < -0.3 is 10.4 Å². The summed E-state index contributed by atoms with van der Waals surface area (Å²) < 4.78 is 3.77. The Labute approximate surface area is 153 Å². The molecule has 0 aromatic carbocycles. The van der Waals surface area contributed by atoms with Crippen LogP contribution in [-0.4, -0.2) is 38.4 Å². The van der Waals surface area contributed by atoms with E-state index in [4.69, 9.17) is 0 Å². The van der Waals surface area contributed by atoms with Crippen LogP contribution < -0.4 is 9.88 Å². The minimum atomic E-state index is -0.320. The number of rotatable bonds is 4. The summed E-state index contributed by atoms with van der Waals surface area (Å²) in [7, 11) is 1.94. The third kappa shape index (κ3) is 2.80. The highest BCUT2D eigenvalue weighted by Gasteiger charge is 2.50. The van der Waals surface area contributed by atoms with Crippen LogP contribution >= 0.6 is 0 Å². The largest absolute Gasteiger partial charge is 0.394 e. The molecule has 2 aromatic rings. The van der Waals surface area contributed by atoms with E-state index < -0.39 is 0 Å². The van der Waals surface area contributed by atoms with E-state index in [2.05, 4.69) is 15.4 Å². The van der Waals surface area contributed by atoms with E-state index in [1.165, 1.54) is 6.42 Å². The van der Waals surface area contributed by atoms with Crippen molar-refractivity contribution in [1.29, 1.82) is 0 Å². The number of amides is 1.